The lowest BCUT2D eigenvalue weighted by molar-refractivity contribution is -0.121. The number of ketones is 1. The fourth-order valence-electron chi connectivity index (χ4n) is 1.40. The van der Waals surface area contributed by atoms with Crippen LogP contribution in [-0.2, 0) is 4.79 Å². The molecule has 0 N–H and O–H groups in total. The number of Topliss-reactive ketones (excluding diaryl/α,β-unsaturated/α-hetero) is 1. The van der Waals surface area contributed by atoms with Crippen molar-refractivity contribution in [3.8, 4) is 0 Å². The zero-order chi connectivity index (χ0) is 9.26. The fourth-order valence-corrected chi connectivity index (χ4v) is 1.40. The van der Waals surface area contributed by atoms with E-state index in [1.54, 1.807) is 19.3 Å². The Kier molecular flexibility index (Phi) is 1.96. The summed E-state index contributed by atoms with van der Waals surface area (Å²) in [7, 11) is 0. The summed E-state index contributed by atoms with van der Waals surface area (Å²) in [6, 6.07) is 0. The summed E-state index contributed by atoms with van der Waals surface area (Å²) in [6.07, 6.45) is 5.04. The van der Waals surface area contributed by atoms with E-state index in [1.165, 1.54) is 6.33 Å². The Morgan fingerprint density at radius 2 is 2.08 bits per heavy atom. The Balaban J connectivity index is 1.98. The van der Waals surface area contributed by atoms with E-state index in [0.29, 0.717) is 0 Å². The number of hydrogen-bond acceptors (Lipinski definition) is 4. The minimum atomic E-state index is 0.209. The molecule has 0 amide bonds. The second-order valence-corrected chi connectivity index (χ2v) is 3.31. The predicted molar refractivity (Wildman–Crippen MR) is 48.4 cm³/mol. The lowest BCUT2D eigenvalue weighted by Gasteiger charge is -2.39. The molecular weight excluding hydrogens is 166 g/mol. The van der Waals surface area contributed by atoms with Crippen molar-refractivity contribution in [2.45, 2.75) is 6.92 Å². The van der Waals surface area contributed by atoms with Crippen molar-refractivity contribution in [3.63, 3.8) is 0 Å². The summed E-state index contributed by atoms with van der Waals surface area (Å²) in [4.78, 5) is 20.9. The molecule has 0 aromatic carbocycles. The Hall–Kier alpha value is -1.45. The topological polar surface area (TPSA) is 46.1 Å². The molecule has 4 nitrogen and oxygen atoms in total. The Bertz CT molecular complexity index is 306. The van der Waals surface area contributed by atoms with E-state index < -0.39 is 0 Å². The van der Waals surface area contributed by atoms with Crippen molar-refractivity contribution in [1.29, 1.82) is 0 Å². The van der Waals surface area contributed by atoms with Crippen LogP contribution in [0.4, 0.5) is 5.69 Å². The molecule has 4 heteroatoms. The SMILES string of the molecule is CC(=O)C1CN(c2cncnc2)C1. The van der Waals surface area contributed by atoms with Crippen LogP contribution in [0.2, 0.25) is 0 Å². The molecule has 1 aliphatic heterocycles. The van der Waals surface area contributed by atoms with Crippen LogP contribution >= 0.6 is 0 Å². The molecule has 1 aliphatic rings. The third-order valence-corrected chi connectivity index (χ3v) is 2.37. The van der Waals surface area contributed by atoms with E-state index in [-0.39, 0.29) is 11.7 Å². The number of carbonyl (C=O) groups is 1. The number of rotatable bonds is 2. The quantitative estimate of drug-likeness (QED) is 0.660. The summed E-state index contributed by atoms with van der Waals surface area (Å²) in [6.45, 7) is 3.26. The van der Waals surface area contributed by atoms with Gasteiger partial charge >= 0.3 is 0 Å². The van der Waals surface area contributed by atoms with Gasteiger partial charge in [0, 0.05) is 13.1 Å². The molecule has 68 valence electrons. The first-order valence-electron chi connectivity index (χ1n) is 4.28. The van der Waals surface area contributed by atoms with Gasteiger partial charge in [0.2, 0.25) is 0 Å². The lowest BCUT2D eigenvalue weighted by atomic mass is 9.96. The van der Waals surface area contributed by atoms with Gasteiger partial charge in [0.1, 0.15) is 12.1 Å². The Morgan fingerprint density at radius 1 is 1.46 bits per heavy atom. The molecule has 2 heterocycles. The van der Waals surface area contributed by atoms with Gasteiger partial charge in [0.25, 0.3) is 0 Å². The lowest BCUT2D eigenvalue weighted by Crippen LogP contribution is -2.49. The highest BCUT2D eigenvalue weighted by molar-refractivity contribution is 5.81. The molecule has 13 heavy (non-hydrogen) atoms. The third kappa shape index (κ3) is 1.52. The smallest absolute Gasteiger partial charge is 0.136 e. The Labute approximate surface area is 76.6 Å². The van der Waals surface area contributed by atoms with Gasteiger partial charge in [0.15, 0.2) is 0 Å². The van der Waals surface area contributed by atoms with Crippen LogP contribution in [0.25, 0.3) is 0 Å². The standard InChI is InChI=1S/C9H11N3O/c1-7(13)8-4-12(5-8)9-2-10-6-11-3-9/h2-3,6,8H,4-5H2,1H3. The molecule has 1 saturated heterocycles. The van der Waals surface area contributed by atoms with E-state index in [0.717, 1.165) is 18.8 Å². The maximum Gasteiger partial charge on any atom is 0.136 e. The summed E-state index contributed by atoms with van der Waals surface area (Å²) < 4.78 is 0. The van der Waals surface area contributed by atoms with Crippen molar-refractivity contribution >= 4 is 11.5 Å². The maximum absolute atomic E-state index is 10.9. The number of nitrogens with zero attached hydrogens (tertiary/aromatic N) is 3. The van der Waals surface area contributed by atoms with Gasteiger partial charge in [-0.15, -0.1) is 0 Å². The first kappa shape index (κ1) is 8.16. The third-order valence-electron chi connectivity index (χ3n) is 2.37. The second-order valence-electron chi connectivity index (χ2n) is 3.31. The fraction of sp³-hybridized carbons (Fsp3) is 0.444. The van der Waals surface area contributed by atoms with Gasteiger partial charge in [-0.2, -0.15) is 0 Å². The number of aromatic nitrogens is 2. The highest BCUT2D eigenvalue weighted by atomic mass is 16.1. The van der Waals surface area contributed by atoms with Crippen molar-refractivity contribution in [2.75, 3.05) is 18.0 Å². The average molecular weight is 177 g/mol. The van der Waals surface area contributed by atoms with Crippen molar-refractivity contribution in [2.24, 2.45) is 5.92 Å². The molecular formula is C9H11N3O. The molecule has 0 aliphatic carbocycles. The van der Waals surface area contributed by atoms with E-state index in [9.17, 15) is 4.79 Å². The van der Waals surface area contributed by atoms with Crippen molar-refractivity contribution in [1.82, 2.24) is 9.97 Å². The van der Waals surface area contributed by atoms with Crippen LogP contribution in [0.1, 0.15) is 6.92 Å². The molecule has 0 bridgehead atoms. The zero-order valence-electron chi connectivity index (χ0n) is 7.47. The molecule has 0 unspecified atom stereocenters. The molecule has 0 saturated carbocycles. The van der Waals surface area contributed by atoms with Gasteiger partial charge in [-0.05, 0) is 6.92 Å². The number of anilines is 1. The van der Waals surface area contributed by atoms with Gasteiger partial charge in [-0.3, -0.25) is 4.79 Å². The zero-order valence-corrected chi connectivity index (χ0v) is 7.47. The van der Waals surface area contributed by atoms with Gasteiger partial charge in [-0.25, -0.2) is 9.97 Å². The summed E-state index contributed by atoms with van der Waals surface area (Å²) in [5.41, 5.74) is 1.00. The minimum absolute atomic E-state index is 0.209. The largest absolute Gasteiger partial charge is 0.367 e. The van der Waals surface area contributed by atoms with Crippen LogP contribution in [0.5, 0.6) is 0 Å². The molecule has 0 atom stereocenters. The normalized spacial score (nSPS) is 16.8. The van der Waals surface area contributed by atoms with Crippen molar-refractivity contribution < 1.29 is 4.79 Å². The van der Waals surface area contributed by atoms with Crippen LogP contribution in [0, 0.1) is 5.92 Å². The van der Waals surface area contributed by atoms with E-state index in [2.05, 4.69) is 14.9 Å². The highest BCUT2D eigenvalue weighted by Crippen LogP contribution is 2.22. The van der Waals surface area contributed by atoms with Crippen LogP contribution < -0.4 is 4.90 Å². The van der Waals surface area contributed by atoms with Crippen LogP contribution in [0.3, 0.4) is 0 Å². The van der Waals surface area contributed by atoms with E-state index >= 15 is 0 Å². The van der Waals surface area contributed by atoms with E-state index in [4.69, 9.17) is 0 Å². The van der Waals surface area contributed by atoms with Crippen LogP contribution in [-0.4, -0.2) is 28.8 Å². The minimum Gasteiger partial charge on any atom is -0.367 e. The van der Waals surface area contributed by atoms with Crippen LogP contribution in [0.15, 0.2) is 18.7 Å². The first-order chi connectivity index (χ1) is 6.27. The number of hydrogen-bond donors (Lipinski definition) is 0. The first-order valence-corrected chi connectivity index (χ1v) is 4.28. The van der Waals surface area contributed by atoms with E-state index in [1.807, 2.05) is 0 Å². The predicted octanol–water partition coefficient (Wildman–Crippen LogP) is 0.502. The molecule has 1 aromatic heterocycles. The molecule has 0 radical (unpaired) electrons. The molecule has 0 spiro atoms. The summed E-state index contributed by atoms with van der Waals surface area (Å²) >= 11 is 0. The second kappa shape index (κ2) is 3.12. The molecule has 1 aromatic rings. The molecule has 2 rings (SSSR count). The van der Waals surface area contributed by atoms with Gasteiger partial charge < -0.3 is 4.90 Å². The van der Waals surface area contributed by atoms with Gasteiger partial charge in [-0.1, -0.05) is 0 Å². The monoisotopic (exact) mass is 177 g/mol. The van der Waals surface area contributed by atoms with Crippen molar-refractivity contribution in [3.05, 3.63) is 18.7 Å². The highest BCUT2D eigenvalue weighted by Gasteiger charge is 2.30. The Morgan fingerprint density at radius 3 is 2.62 bits per heavy atom. The average Bonchev–Trinajstić information content (AvgIpc) is 2.02. The maximum atomic E-state index is 10.9. The number of carbonyl (C=O) groups excluding carboxylic acids is 1. The molecule has 1 fully saturated rings. The summed E-state index contributed by atoms with van der Waals surface area (Å²) in [5, 5.41) is 0. The van der Waals surface area contributed by atoms with Gasteiger partial charge in [0.05, 0.1) is 24.0 Å². The summed E-state index contributed by atoms with van der Waals surface area (Å²) in [5.74, 6) is 0.480.